The van der Waals surface area contributed by atoms with Crippen molar-refractivity contribution >= 4 is 34.9 Å². The highest BCUT2D eigenvalue weighted by molar-refractivity contribution is 8.06. The van der Waals surface area contributed by atoms with E-state index < -0.39 is 0 Å². The van der Waals surface area contributed by atoms with E-state index >= 15 is 0 Å². The van der Waals surface area contributed by atoms with Crippen LogP contribution < -0.4 is 5.32 Å². The average molecular weight is 317 g/mol. The van der Waals surface area contributed by atoms with Gasteiger partial charge >= 0.3 is 0 Å². The SMILES string of the molecule is COCc1nc(C2CSCCS2)sc1CNC1CC1. The highest BCUT2D eigenvalue weighted by Crippen LogP contribution is 2.39. The summed E-state index contributed by atoms with van der Waals surface area (Å²) in [5, 5.41) is 5.49. The molecular weight excluding hydrogens is 296 g/mol. The van der Waals surface area contributed by atoms with Gasteiger partial charge in [0.05, 0.1) is 17.6 Å². The van der Waals surface area contributed by atoms with Gasteiger partial charge in [-0.3, -0.25) is 0 Å². The summed E-state index contributed by atoms with van der Waals surface area (Å²) in [6.07, 6.45) is 2.67. The Labute approximate surface area is 127 Å². The molecule has 1 atom stereocenters. The van der Waals surface area contributed by atoms with E-state index in [1.807, 2.05) is 11.3 Å². The van der Waals surface area contributed by atoms with Crippen LogP contribution in [-0.2, 0) is 17.9 Å². The van der Waals surface area contributed by atoms with E-state index in [-0.39, 0.29) is 0 Å². The molecule has 0 bridgehead atoms. The molecule has 1 aliphatic heterocycles. The minimum absolute atomic E-state index is 0.592. The highest BCUT2D eigenvalue weighted by atomic mass is 32.2. The third-order valence-corrected chi connectivity index (χ3v) is 7.42. The van der Waals surface area contributed by atoms with Gasteiger partial charge in [-0.2, -0.15) is 11.8 Å². The van der Waals surface area contributed by atoms with Gasteiger partial charge in [0.1, 0.15) is 5.01 Å². The molecule has 0 radical (unpaired) electrons. The third-order valence-electron chi connectivity index (χ3n) is 3.30. The van der Waals surface area contributed by atoms with Gasteiger partial charge in [-0.25, -0.2) is 4.98 Å². The molecule has 2 fully saturated rings. The first-order chi connectivity index (χ1) is 9.36. The van der Waals surface area contributed by atoms with Gasteiger partial charge in [0, 0.05) is 41.8 Å². The Hall–Kier alpha value is 0.250. The monoisotopic (exact) mass is 316 g/mol. The average Bonchev–Trinajstić information content (AvgIpc) is 3.19. The predicted octanol–water partition coefficient (Wildman–Crippen LogP) is 3.06. The smallest absolute Gasteiger partial charge is 0.107 e. The molecule has 0 spiro atoms. The molecule has 6 heteroatoms. The Morgan fingerprint density at radius 2 is 2.26 bits per heavy atom. The van der Waals surface area contributed by atoms with Crippen molar-refractivity contribution in [3.63, 3.8) is 0 Å². The molecule has 1 aromatic rings. The molecule has 1 saturated carbocycles. The van der Waals surface area contributed by atoms with Crippen molar-refractivity contribution in [3.8, 4) is 0 Å². The second-order valence-electron chi connectivity index (χ2n) is 4.94. The quantitative estimate of drug-likeness (QED) is 0.872. The zero-order valence-corrected chi connectivity index (χ0v) is 13.6. The minimum Gasteiger partial charge on any atom is -0.378 e. The van der Waals surface area contributed by atoms with Crippen molar-refractivity contribution < 1.29 is 4.74 Å². The normalized spacial score (nSPS) is 23.7. The second-order valence-corrected chi connectivity index (χ2v) is 8.52. The Kier molecular flexibility index (Phi) is 5.08. The van der Waals surface area contributed by atoms with E-state index in [2.05, 4.69) is 28.8 Å². The predicted molar refractivity (Wildman–Crippen MR) is 85.2 cm³/mol. The third kappa shape index (κ3) is 3.88. The Bertz CT molecular complexity index is 414. The molecule has 2 heterocycles. The first-order valence-electron chi connectivity index (χ1n) is 6.77. The van der Waals surface area contributed by atoms with Crippen LogP contribution in [0, 0.1) is 0 Å². The van der Waals surface area contributed by atoms with Gasteiger partial charge in [0.15, 0.2) is 0 Å². The van der Waals surface area contributed by atoms with Crippen LogP contribution in [0.3, 0.4) is 0 Å². The fraction of sp³-hybridized carbons (Fsp3) is 0.769. The summed E-state index contributed by atoms with van der Waals surface area (Å²) in [6, 6.07) is 0.751. The number of hydrogen-bond donors (Lipinski definition) is 1. The van der Waals surface area contributed by atoms with Crippen LogP contribution in [-0.4, -0.2) is 35.4 Å². The van der Waals surface area contributed by atoms with Gasteiger partial charge < -0.3 is 10.1 Å². The number of thiazole rings is 1. The van der Waals surface area contributed by atoms with E-state index in [9.17, 15) is 0 Å². The van der Waals surface area contributed by atoms with E-state index in [0.29, 0.717) is 11.9 Å². The van der Waals surface area contributed by atoms with Crippen LogP contribution >= 0.6 is 34.9 Å². The summed E-state index contributed by atoms with van der Waals surface area (Å²) in [7, 11) is 1.75. The Morgan fingerprint density at radius 1 is 1.37 bits per heavy atom. The number of nitrogens with one attached hydrogen (secondary N) is 1. The largest absolute Gasteiger partial charge is 0.378 e. The van der Waals surface area contributed by atoms with Crippen molar-refractivity contribution in [1.29, 1.82) is 0 Å². The fourth-order valence-electron chi connectivity index (χ4n) is 2.08. The van der Waals surface area contributed by atoms with Crippen LogP contribution in [0.5, 0.6) is 0 Å². The Morgan fingerprint density at radius 3 is 2.95 bits per heavy atom. The van der Waals surface area contributed by atoms with Crippen molar-refractivity contribution in [1.82, 2.24) is 10.3 Å². The first kappa shape index (κ1) is 14.2. The maximum Gasteiger partial charge on any atom is 0.107 e. The number of aromatic nitrogens is 1. The summed E-state index contributed by atoms with van der Waals surface area (Å²) < 4.78 is 5.30. The van der Waals surface area contributed by atoms with Gasteiger partial charge in [-0.1, -0.05) is 0 Å². The molecule has 0 amide bonds. The minimum atomic E-state index is 0.592. The molecule has 19 heavy (non-hydrogen) atoms. The van der Waals surface area contributed by atoms with E-state index in [0.717, 1.165) is 18.3 Å². The molecular formula is C13H20N2OS3. The zero-order chi connectivity index (χ0) is 13.1. The van der Waals surface area contributed by atoms with E-state index in [1.165, 1.54) is 40.0 Å². The maximum atomic E-state index is 5.30. The summed E-state index contributed by atoms with van der Waals surface area (Å²) in [4.78, 5) is 6.22. The van der Waals surface area contributed by atoms with Crippen LogP contribution in [0.2, 0.25) is 0 Å². The summed E-state index contributed by atoms with van der Waals surface area (Å²) in [6.45, 7) is 1.61. The van der Waals surface area contributed by atoms with Crippen molar-refractivity contribution in [3.05, 3.63) is 15.6 Å². The zero-order valence-electron chi connectivity index (χ0n) is 11.2. The lowest BCUT2D eigenvalue weighted by molar-refractivity contribution is 0.181. The molecule has 3 rings (SSSR count). The highest BCUT2D eigenvalue weighted by Gasteiger charge is 2.24. The number of ether oxygens (including phenoxy) is 1. The molecule has 3 nitrogen and oxygen atoms in total. The summed E-state index contributed by atoms with van der Waals surface area (Å²) >= 11 is 6.00. The second kappa shape index (κ2) is 6.80. The number of methoxy groups -OCH3 is 1. The molecule has 1 unspecified atom stereocenters. The van der Waals surface area contributed by atoms with Crippen molar-refractivity contribution in [2.45, 2.75) is 37.3 Å². The molecule has 1 saturated heterocycles. The Balaban J connectivity index is 1.70. The number of hydrogen-bond acceptors (Lipinski definition) is 6. The van der Waals surface area contributed by atoms with Crippen LogP contribution in [0.25, 0.3) is 0 Å². The topological polar surface area (TPSA) is 34.1 Å². The van der Waals surface area contributed by atoms with Crippen LogP contribution in [0.15, 0.2) is 0 Å². The molecule has 1 N–H and O–H groups in total. The molecule has 106 valence electrons. The number of nitrogens with zero attached hydrogens (tertiary/aromatic N) is 1. The number of rotatable bonds is 6. The first-order valence-corrected chi connectivity index (χ1v) is 9.79. The lowest BCUT2D eigenvalue weighted by Gasteiger charge is -2.18. The van der Waals surface area contributed by atoms with Crippen LogP contribution in [0.1, 0.15) is 33.7 Å². The maximum absolute atomic E-state index is 5.30. The van der Waals surface area contributed by atoms with E-state index in [1.54, 1.807) is 7.11 Å². The number of thioether (sulfide) groups is 2. The lowest BCUT2D eigenvalue weighted by Crippen LogP contribution is -2.15. The molecule has 0 aromatic carbocycles. The summed E-state index contributed by atoms with van der Waals surface area (Å²) in [5.74, 6) is 3.75. The van der Waals surface area contributed by atoms with E-state index in [4.69, 9.17) is 9.72 Å². The van der Waals surface area contributed by atoms with Gasteiger partial charge in [-0.05, 0) is 12.8 Å². The standard InChI is InChI=1S/C13H20N2OS3/c1-16-7-10-11(6-14-9-2-3-9)19-13(15-10)12-8-17-4-5-18-12/h9,12,14H,2-8H2,1H3. The van der Waals surface area contributed by atoms with Gasteiger partial charge in [-0.15, -0.1) is 23.1 Å². The molecule has 2 aliphatic rings. The molecule has 1 aliphatic carbocycles. The van der Waals surface area contributed by atoms with Gasteiger partial charge in [0.2, 0.25) is 0 Å². The molecule has 1 aromatic heterocycles. The summed E-state index contributed by atoms with van der Waals surface area (Å²) in [5.41, 5.74) is 1.15. The fourth-order valence-corrected chi connectivity index (χ4v) is 6.09. The van der Waals surface area contributed by atoms with Crippen LogP contribution in [0.4, 0.5) is 0 Å². The van der Waals surface area contributed by atoms with Gasteiger partial charge in [0.25, 0.3) is 0 Å². The van der Waals surface area contributed by atoms with Crippen molar-refractivity contribution in [2.75, 3.05) is 24.4 Å². The lowest BCUT2D eigenvalue weighted by atomic mass is 10.3. The van der Waals surface area contributed by atoms with Crippen molar-refractivity contribution in [2.24, 2.45) is 0 Å².